The van der Waals surface area contributed by atoms with E-state index in [4.69, 9.17) is 45.4 Å². The van der Waals surface area contributed by atoms with E-state index < -0.39 is 136 Å². The van der Waals surface area contributed by atoms with Gasteiger partial charge in [0.2, 0.25) is 23.7 Å². The number of ether oxygens (including phenoxy) is 4. The van der Waals surface area contributed by atoms with E-state index in [1.807, 2.05) is 0 Å². The molecule has 0 aliphatic carbocycles. The van der Waals surface area contributed by atoms with Gasteiger partial charge in [-0.15, -0.1) is 0 Å². The summed E-state index contributed by atoms with van der Waals surface area (Å²) < 4.78 is 198. The fourth-order valence-electron chi connectivity index (χ4n) is 6.54. The number of urea groups is 2. The number of hydrogen-bond acceptors (Lipinski definition) is 23. The molecule has 0 aliphatic heterocycles. The minimum absolute atomic E-state index is 0.0612. The zero-order valence-corrected chi connectivity index (χ0v) is 53.7. The molecule has 0 spiro atoms. The quantitative estimate of drug-likeness (QED) is 0.0232. The van der Waals surface area contributed by atoms with E-state index in [1.165, 1.54) is 65.5 Å². The number of carboxylic acid groups (broad SMARTS) is 1. The van der Waals surface area contributed by atoms with Crippen LogP contribution in [0.5, 0.6) is 17.8 Å². The molecule has 500 valence electrons. The lowest BCUT2D eigenvalue weighted by molar-refractivity contribution is -0.144. The van der Waals surface area contributed by atoms with E-state index in [2.05, 4.69) is 66.9 Å². The lowest BCUT2D eigenvalue weighted by Gasteiger charge is -2.13. The van der Waals surface area contributed by atoms with Crippen LogP contribution < -0.4 is 39.6 Å². The normalized spacial score (nSPS) is 11.7. The Morgan fingerprint density at radius 1 is 0.802 bits per heavy atom. The smallest absolute Gasteiger partial charge is 0.434 e. The van der Waals surface area contributed by atoms with Crippen LogP contribution in [-0.2, 0) is 63.6 Å². The van der Waals surface area contributed by atoms with Crippen LogP contribution >= 0.6 is 35.1 Å². The average molecular weight is 1460 g/mol. The molecular formula is C47H53BrClF7N13O18PS3. The largest absolute Gasteiger partial charge is 0.481 e. The van der Waals surface area contributed by atoms with Crippen LogP contribution in [0, 0.1) is 12.7 Å². The number of aromatic nitrogens is 8. The molecule has 0 radical (unpaired) electrons. The van der Waals surface area contributed by atoms with E-state index in [1.54, 1.807) is 23.3 Å². The fourth-order valence-corrected chi connectivity index (χ4v) is 11.7. The molecule has 0 atom stereocenters. The van der Waals surface area contributed by atoms with Gasteiger partial charge in [0.05, 0.1) is 72.0 Å². The summed E-state index contributed by atoms with van der Waals surface area (Å²) >= 11 is 8.67. The molecule has 91 heavy (non-hydrogen) atoms. The number of benzene rings is 2. The second kappa shape index (κ2) is 32.8. The van der Waals surface area contributed by atoms with Gasteiger partial charge >= 0.3 is 50.0 Å². The molecule has 2 aromatic carbocycles. The molecule has 31 nitrogen and oxygen atoms in total. The maximum atomic E-state index is 14.3. The maximum absolute atomic E-state index is 14.3. The number of esters is 1. The van der Waals surface area contributed by atoms with Gasteiger partial charge in [0, 0.05) is 25.2 Å². The molecule has 6 rings (SSSR count). The molecule has 0 unspecified atom stereocenters. The number of pyridine rings is 1. The zero-order chi connectivity index (χ0) is 69.2. The minimum atomic E-state index is -4.69. The number of amides is 4. The number of halogens is 9. The van der Waals surface area contributed by atoms with E-state index >= 15 is 0 Å². The standard InChI is InChI=1S/C15H12BrClF4N2O2.C15H16F3N5O4S.C14H17N5O7S2.C3H8NO5P/c1-6(2)25-14(24)7-4-8(10(18)5-9(7)17)12-11(16)13(15(19,20)21)23(3)22-12;1-9-19-12(22-14(20-9)27-2)21-13(24)23-28(25,26)11-6-4-3-5-10(11)7-8-15(16,17)18;1-4-27(21,22)9-6-5-7-15-12(9)28(23,24)19-14(20)18-13-16-10(25-2)8-11(17-13)26-3;5-3(6)1-4-2-10(7,8)9/h4-6H,1-3H3;3-6H,7-8H2,1-2H3,(H2,19,20,21,22,23,24);5-8H,4H2,1-3H3,(H2,16,17,18,19,20);4H,1-2H2,(H,5,6)(H2,7,8,9). The number of sulfone groups is 1. The lowest BCUT2D eigenvalue weighted by atomic mass is 10.1. The summed E-state index contributed by atoms with van der Waals surface area (Å²) in [6, 6.07) is 8.14. The second-order valence-corrected chi connectivity index (χ2v) is 25.9. The average Bonchev–Trinajstić information content (AvgIpc) is 1.73. The number of carboxylic acids is 1. The number of hydrogen-bond donors (Lipinski definition) is 8. The zero-order valence-electron chi connectivity index (χ0n) is 48.0. The summed E-state index contributed by atoms with van der Waals surface area (Å²) in [7, 11) is -12.0. The predicted octanol–water partition coefficient (Wildman–Crippen LogP) is 6.41. The van der Waals surface area contributed by atoms with Crippen molar-refractivity contribution in [3.63, 3.8) is 0 Å². The Kier molecular flexibility index (Phi) is 27.9. The molecule has 0 saturated heterocycles. The molecular weight excluding hydrogens is 1410 g/mol. The molecule has 6 aromatic rings. The highest BCUT2D eigenvalue weighted by molar-refractivity contribution is 9.10. The van der Waals surface area contributed by atoms with E-state index in [0.29, 0.717) is 4.68 Å². The third-order valence-electron chi connectivity index (χ3n) is 10.3. The number of methoxy groups -OCH3 is 3. The number of anilines is 2. The van der Waals surface area contributed by atoms with Crippen LogP contribution in [0.4, 0.5) is 52.2 Å². The van der Waals surface area contributed by atoms with Gasteiger partial charge in [0.25, 0.3) is 20.0 Å². The van der Waals surface area contributed by atoms with E-state index in [-0.39, 0.29) is 68.7 Å². The first-order valence-electron chi connectivity index (χ1n) is 24.7. The lowest BCUT2D eigenvalue weighted by Crippen LogP contribution is -2.36. The van der Waals surface area contributed by atoms with Crippen molar-refractivity contribution in [3.8, 4) is 29.0 Å². The molecule has 4 amide bonds. The van der Waals surface area contributed by atoms with Crippen molar-refractivity contribution in [2.45, 2.75) is 73.8 Å². The van der Waals surface area contributed by atoms with Crippen LogP contribution in [0.1, 0.15) is 54.6 Å². The van der Waals surface area contributed by atoms with E-state index in [0.717, 1.165) is 37.5 Å². The topological polar surface area (TPSA) is 441 Å². The van der Waals surface area contributed by atoms with Gasteiger partial charge in [-0.05, 0) is 79.0 Å². The fraction of sp³-hybridized carbons (Fsp3) is 0.340. The molecule has 0 bridgehead atoms. The highest BCUT2D eigenvalue weighted by atomic mass is 79.9. The van der Waals surface area contributed by atoms with Crippen molar-refractivity contribution in [1.82, 2.24) is 54.4 Å². The third-order valence-corrected chi connectivity index (χ3v) is 16.6. The molecule has 0 saturated carbocycles. The van der Waals surface area contributed by atoms with Gasteiger partial charge in [0.1, 0.15) is 22.2 Å². The Balaban J connectivity index is 0.000000331. The molecule has 0 aliphatic rings. The van der Waals surface area contributed by atoms with Gasteiger partial charge in [-0.1, -0.05) is 36.7 Å². The Morgan fingerprint density at radius 3 is 1.87 bits per heavy atom. The van der Waals surface area contributed by atoms with Gasteiger partial charge in [-0.2, -0.15) is 64.8 Å². The summed E-state index contributed by atoms with van der Waals surface area (Å²) in [4.78, 5) is 83.9. The maximum Gasteiger partial charge on any atom is 0.434 e. The molecule has 44 heteroatoms. The Bertz CT molecular complexity index is 3990. The van der Waals surface area contributed by atoms with Gasteiger partial charge < -0.3 is 33.8 Å². The first kappa shape index (κ1) is 77.3. The van der Waals surface area contributed by atoms with Crippen LogP contribution in [0.2, 0.25) is 5.02 Å². The predicted molar refractivity (Wildman–Crippen MR) is 307 cm³/mol. The minimum Gasteiger partial charge on any atom is -0.481 e. The summed E-state index contributed by atoms with van der Waals surface area (Å²) in [6.45, 7) is 5.64. The van der Waals surface area contributed by atoms with Gasteiger partial charge in [0.15, 0.2) is 20.6 Å². The summed E-state index contributed by atoms with van der Waals surface area (Å²) in [5, 5.41) is 17.0. The van der Waals surface area contributed by atoms with Gasteiger partial charge in [-0.3, -0.25) is 30.0 Å². The van der Waals surface area contributed by atoms with Crippen molar-refractivity contribution in [2.75, 3.05) is 50.5 Å². The first-order valence-corrected chi connectivity index (χ1v) is 32.3. The van der Waals surface area contributed by atoms with Crippen molar-refractivity contribution >= 4 is 101 Å². The van der Waals surface area contributed by atoms with Crippen molar-refractivity contribution < 1.29 is 114 Å². The molecule has 4 aromatic heterocycles. The van der Waals surface area contributed by atoms with Crippen LogP contribution in [0.15, 0.2) is 80.1 Å². The van der Waals surface area contributed by atoms with Crippen LogP contribution in [-0.4, -0.2) is 156 Å². The van der Waals surface area contributed by atoms with Crippen LogP contribution in [0.3, 0.4) is 0 Å². The summed E-state index contributed by atoms with van der Waals surface area (Å²) in [6.07, 6.45) is -10.8. The highest BCUT2D eigenvalue weighted by Crippen LogP contribution is 2.41. The SMILES string of the molecule is CC(C)OC(=O)c1cc(-c2nn(C)c(C(F)(F)F)c2Br)c(F)cc1Cl.CCS(=O)(=O)c1cccnc1S(=O)(=O)NC(=O)Nc1nc(OC)cc(OC)n1.COc1nc(C)nc(NC(=O)NS(=O)(=O)c2ccccc2CCC(F)(F)F)n1.O=C(O)CNCP(=O)(O)O. The number of nitrogens with one attached hydrogen (secondary N) is 5. The summed E-state index contributed by atoms with van der Waals surface area (Å²) in [5.41, 5.74) is -1.93. The number of carbonyl (C=O) groups excluding carboxylic acids is 3. The molecule has 0 fully saturated rings. The number of carbonyl (C=O) groups is 4. The Labute approximate surface area is 525 Å². The highest BCUT2D eigenvalue weighted by Gasteiger charge is 2.39. The third kappa shape index (κ3) is 24.6. The van der Waals surface area contributed by atoms with Crippen molar-refractivity contribution in [1.29, 1.82) is 0 Å². The van der Waals surface area contributed by atoms with E-state index in [9.17, 15) is 79.7 Å². The first-order chi connectivity index (χ1) is 42.0. The monoisotopic (exact) mass is 1460 g/mol. The van der Waals surface area contributed by atoms with Crippen molar-refractivity contribution in [2.24, 2.45) is 7.05 Å². The number of aliphatic carboxylic acids is 1. The summed E-state index contributed by atoms with van der Waals surface area (Å²) in [5.74, 6) is -3.45. The number of rotatable bonds is 20. The Hall–Kier alpha value is -7.99. The van der Waals surface area contributed by atoms with Crippen molar-refractivity contribution in [3.05, 3.63) is 98.8 Å². The Morgan fingerprint density at radius 2 is 1.36 bits per heavy atom. The molecule has 8 N–H and O–H groups in total. The number of alkyl halides is 6. The number of nitrogens with zero attached hydrogens (tertiary/aromatic N) is 8. The second-order valence-electron chi connectivity index (χ2n) is 17.6. The van der Waals surface area contributed by atoms with Gasteiger partial charge in [-0.25, -0.2) is 50.0 Å². The number of sulfonamides is 2. The van der Waals surface area contributed by atoms with Crippen LogP contribution in [0.25, 0.3) is 11.3 Å². The number of aryl methyl sites for hydroxylation is 3. The molecule has 4 heterocycles.